The Morgan fingerprint density at radius 1 is 1.13 bits per heavy atom. The average molecular weight is 314 g/mol. The number of carbonyl (C=O) groups excluding carboxylic acids is 2. The van der Waals surface area contributed by atoms with Crippen molar-refractivity contribution < 1.29 is 19.1 Å². The molecular weight excluding hydrogens is 296 g/mol. The number of hydrogen-bond donors (Lipinski definition) is 2. The van der Waals surface area contributed by atoms with Crippen LogP contribution in [0.15, 0.2) is 48.5 Å². The summed E-state index contributed by atoms with van der Waals surface area (Å²) >= 11 is 0. The maximum absolute atomic E-state index is 12.0. The summed E-state index contributed by atoms with van der Waals surface area (Å²) < 4.78 is 10.1. The molecule has 0 bridgehead atoms. The molecule has 23 heavy (non-hydrogen) atoms. The zero-order chi connectivity index (χ0) is 16.7. The highest BCUT2D eigenvalue weighted by Crippen LogP contribution is 2.21. The average Bonchev–Trinajstić information content (AvgIpc) is 2.58. The SMILES string of the molecule is COc1ccc(C(=O)NCC(=O)OCc2ccccc2)cc1N. The molecule has 1 amide bonds. The Morgan fingerprint density at radius 2 is 1.87 bits per heavy atom. The van der Waals surface area contributed by atoms with Gasteiger partial charge in [-0.05, 0) is 23.8 Å². The fourth-order valence-electron chi connectivity index (χ4n) is 1.92. The Kier molecular flexibility index (Phi) is 5.57. The molecule has 0 unspecified atom stereocenters. The van der Waals surface area contributed by atoms with Crippen molar-refractivity contribution in [2.45, 2.75) is 6.61 Å². The van der Waals surface area contributed by atoms with E-state index in [1.54, 1.807) is 12.1 Å². The van der Waals surface area contributed by atoms with Gasteiger partial charge in [-0.2, -0.15) is 0 Å². The summed E-state index contributed by atoms with van der Waals surface area (Å²) in [5, 5.41) is 2.49. The maximum Gasteiger partial charge on any atom is 0.325 e. The monoisotopic (exact) mass is 314 g/mol. The third kappa shape index (κ3) is 4.74. The molecule has 0 saturated carbocycles. The molecule has 0 aliphatic carbocycles. The number of nitrogens with one attached hydrogen (secondary N) is 1. The number of ether oxygens (including phenoxy) is 2. The van der Waals surface area contributed by atoms with E-state index in [0.29, 0.717) is 17.0 Å². The first kappa shape index (κ1) is 16.4. The van der Waals surface area contributed by atoms with Crippen LogP contribution in [0, 0.1) is 0 Å². The van der Waals surface area contributed by atoms with E-state index in [0.717, 1.165) is 5.56 Å². The highest BCUT2D eigenvalue weighted by molar-refractivity contribution is 5.97. The van der Waals surface area contributed by atoms with Crippen LogP contribution in [0.2, 0.25) is 0 Å². The lowest BCUT2D eigenvalue weighted by atomic mass is 10.2. The maximum atomic E-state index is 12.0. The summed E-state index contributed by atoms with van der Waals surface area (Å²) in [6.07, 6.45) is 0. The van der Waals surface area contributed by atoms with E-state index in [1.807, 2.05) is 30.3 Å². The van der Waals surface area contributed by atoms with E-state index >= 15 is 0 Å². The van der Waals surface area contributed by atoms with Crippen LogP contribution in [0.5, 0.6) is 5.75 Å². The standard InChI is InChI=1S/C17H18N2O4/c1-22-15-8-7-13(9-14(15)18)17(21)19-10-16(20)23-11-12-5-3-2-4-6-12/h2-9H,10-11,18H2,1H3,(H,19,21). The van der Waals surface area contributed by atoms with Crippen molar-refractivity contribution in [1.29, 1.82) is 0 Å². The van der Waals surface area contributed by atoms with Gasteiger partial charge < -0.3 is 20.5 Å². The molecule has 0 spiro atoms. The smallest absolute Gasteiger partial charge is 0.325 e. The van der Waals surface area contributed by atoms with E-state index < -0.39 is 11.9 Å². The molecule has 0 heterocycles. The van der Waals surface area contributed by atoms with Gasteiger partial charge in [-0.25, -0.2) is 0 Å². The fourth-order valence-corrected chi connectivity index (χ4v) is 1.92. The molecule has 120 valence electrons. The summed E-state index contributed by atoms with van der Waals surface area (Å²) in [5.41, 5.74) is 7.33. The Labute approximate surface area is 134 Å². The molecule has 3 N–H and O–H groups in total. The number of carbonyl (C=O) groups is 2. The predicted octanol–water partition coefficient (Wildman–Crippen LogP) is 1.75. The molecule has 0 aliphatic rings. The highest BCUT2D eigenvalue weighted by atomic mass is 16.5. The molecule has 2 rings (SSSR count). The van der Waals surface area contributed by atoms with Gasteiger partial charge in [-0.3, -0.25) is 9.59 Å². The normalized spacial score (nSPS) is 9.96. The number of nitrogen functional groups attached to an aromatic ring is 1. The molecule has 2 aromatic rings. The number of benzene rings is 2. The van der Waals surface area contributed by atoms with Crippen LogP contribution >= 0.6 is 0 Å². The molecule has 2 aromatic carbocycles. The Morgan fingerprint density at radius 3 is 2.52 bits per heavy atom. The Bertz CT molecular complexity index is 686. The van der Waals surface area contributed by atoms with Crippen molar-refractivity contribution in [3.05, 3.63) is 59.7 Å². The van der Waals surface area contributed by atoms with Gasteiger partial charge in [0.05, 0.1) is 12.8 Å². The van der Waals surface area contributed by atoms with Crippen molar-refractivity contribution in [3.63, 3.8) is 0 Å². The number of methoxy groups -OCH3 is 1. The first-order valence-corrected chi connectivity index (χ1v) is 7.01. The van der Waals surface area contributed by atoms with Crippen LogP contribution < -0.4 is 15.8 Å². The van der Waals surface area contributed by atoms with Gasteiger partial charge in [0.2, 0.25) is 0 Å². The zero-order valence-corrected chi connectivity index (χ0v) is 12.7. The first-order valence-electron chi connectivity index (χ1n) is 7.01. The van der Waals surface area contributed by atoms with Crippen molar-refractivity contribution in [2.75, 3.05) is 19.4 Å². The zero-order valence-electron chi connectivity index (χ0n) is 12.7. The minimum Gasteiger partial charge on any atom is -0.495 e. The lowest BCUT2D eigenvalue weighted by molar-refractivity contribution is -0.143. The quantitative estimate of drug-likeness (QED) is 0.626. The number of hydrogen-bond acceptors (Lipinski definition) is 5. The summed E-state index contributed by atoms with van der Waals surface area (Å²) in [6, 6.07) is 14.0. The summed E-state index contributed by atoms with van der Waals surface area (Å²) in [7, 11) is 1.49. The van der Waals surface area contributed by atoms with Crippen LogP contribution in [0.3, 0.4) is 0 Å². The summed E-state index contributed by atoms with van der Waals surface area (Å²) in [4.78, 5) is 23.6. The van der Waals surface area contributed by atoms with Crippen LogP contribution in [-0.4, -0.2) is 25.5 Å². The van der Waals surface area contributed by atoms with Crippen molar-refractivity contribution in [2.24, 2.45) is 0 Å². The molecule has 6 heteroatoms. The molecule has 0 fully saturated rings. The van der Waals surface area contributed by atoms with Gasteiger partial charge in [-0.15, -0.1) is 0 Å². The van der Waals surface area contributed by atoms with Gasteiger partial charge >= 0.3 is 5.97 Å². The van der Waals surface area contributed by atoms with Gasteiger partial charge in [0.15, 0.2) is 0 Å². The van der Waals surface area contributed by atoms with Crippen LogP contribution in [-0.2, 0) is 16.1 Å². The minimum atomic E-state index is -0.510. The Hall–Kier alpha value is -3.02. The van der Waals surface area contributed by atoms with Crippen LogP contribution in [0.25, 0.3) is 0 Å². The summed E-state index contributed by atoms with van der Waals surface area (Å²) in [5.74, 6) is -0.427. The second-order valence-corrected chi connectivity index (χ2v) is 4.79. The fraction of sp³-hybridized carbons (Fsp3) is 0.176. The van der Waals surface area contributed by atoms with E-state index in [2.05, 4.69) is 5.32 Å². The molecule has 0 saturated heterocycles. The lowest BCUT2D eigenvalue weighted by Crippen LogP contribution is -2.30. The van der Waals surface area contributed by atoms with E-state index in [4.69, 9.17) is 15.2 Å². The molecule has 0 atom stereocenters. The third-order valence-electron chi connectivity index (χ3n) is 3.13. The second-order valence-electron chi connectivity index (χ2n) is 4.79. The topological polar surface area (TPSA) is 90.6 Å². The lowest BCUT2D eigenvalue weighted by Gasteiger charge is -2.08. The first-order chi connectivity index (χ1) is 11.1. The van der Waals surface area contributed by atoms with Crippen LogP contribution in [0.1, 0.15) is 15.9 Å². The van der Waals surface area contributed by atoms with Crippen molar-refractivity contribution in [1.82, 2.24) is 5.32 Å². The third-order valence-corrected chi connectivity index (χ3v) is 3.13. The highest BCUT2D eigenvalue weighted by Gasteiger charge is 2.11. The molecule has 0 radical (unpaired) electrons. The van der Waals surface area contributed by atoms with Crippen molar-refractivity contribution in [3.8, 4) is 5.75 Å². The number of esters is 1. The second kappa shape index (κ2) is 7.84. The Balaban J connectivity index is 1.81. The van der Waals surface area contributed by atoms with E-state index in [9.17, 15) is 9.59 Å². The number of amides is 1. The van der Waals surface area contributed by atoms with Gasteiger partial charge in [0, 0.05) is 5.56 Å². The number of anilines is 1. The van der Waals surface area contributed by atoms with E-state index in [1.165, 1.54) is 13.2 Å². The molecule has 6 nitrogen and oxygen atoms in total. The van der Waals surface area contributed by atoms with Crippen LogP contribution in [0.4, 0.5) is 5.69 Å². The molecule has 0 aliphatic heterocycles. The predicted molar refractivity (Wildman–Crippen MR) is 86.0 cm³/mol. The largest absolute Gasteiger partial charge is 0.495 e. The summed E-state index contributed by atoms with van der Waals surface area (Å²) in [6.45, 7) is -0.0391. The van der Waals surface area contributed by atoms with Crippen molar-refractivity contribution >= 4 is 17.6 Å². The van der Waals surface area contributed by atoms with Gasteiger partial charge in [-0.1, -0.05) is 30.3 Å². The molecular formula is C17H18N2O4. The van der Waals surface area contributed by atoms with Gasteiger partial charge in [0.1, 0.15) is 18.9 Å². The van der Waals surface area contributed by atoms with E-state index in [-0.39, 0.29) is 13.2 Å². The molecule has 0 aromatic heterocycles. The number of rotatable bonds is 6. The minimum absolute atomic E-state index is 0.172. The van der Waals surface area contributed by atoms with Gasteiger partial charge in [0.25, 0.3) is 5.91 Å². The number of nitrogens with two attached hydrogens (primary N) is 1.